The first-order valence-electron chi connectivity index (χ1n) is 7.73. The first kappa shape index (κ1) is 18.2. The fraction of sp³-hybridized carbons (Fsp3) is 0.158. The summed E-state index contributed by atoms with van der Waals surface area (Å²) in [5, 5.41) is 3.20. The van der Waals surface area contributed by atoms with E-state index in [-0.39, 0.29) is 12.2 Å². The fourth-order valence-electron chi connectivity index (χ4n) is 2.36. The van der Waals surface area contributed by atoms with Crippen molar-refractivity contribution in [2.45, 2.75) is 6.42 Å². The molecule has 3 aromatic rings. The van der Waals surface area contributed by atoms with Crippen molar-refractivity contribution in [2.75, 3.05) is 14.2 Å². The zero-order chi connectivity index (χ0) is 18.5. The molecular weight excluding hydrogens is 374 g/mol. The zero-order valence-corrected chi connectivity index (χ0v) is 15.8. The number of para-hydroxylation sites is 1. The number of ether oxygens (including phenoxy) is 3. The summed E-state index contributed by atoms with van der Waals surface area (Å²) in [6, 6.07) is 12.6. The Bertz CT molecular complexity index is 903. The van der Waals surface area contributed by atoms with Crippen LogP contribution in [0.3, 0.4) is 0 Å². The number of nitrogens with zero attached hydrogens (tertiary/aromatic N) is 1. The van der Waals surface area contributed by atoms with E-state index in [1.165, 1.54) is 25.6 Å². The molecule has 3 rings (SSSR count). The van der Waals surface area contributed by atoms with Gasteiger partial charge >= 0.3 is 5.97 Å². The maximum absolute atomic E-state index is 12.3. The van der Waals surface area contributed by atoms with Gasteiger partial charge in [0, 0.05) is 10.9 Å². The number of hydrogen-bond acceptors (Lipinski definition) is 6. The lowest BCUT2D eigenvalue weighted by Gasteiger charge is -2.12. The average Bonchev–Trinajstić information content (AvgIpc) is 3.10. The Labute approximate surface area is 160 Å². The van der Waals surface area contributed by atoms with Gasteiger partial charge in [-0.3, -0.25) is 4.79 Å². The van der Waals surface area contributed by atoms with Crippen LogP contribution in [0.25, 0.3) is 10.6 Å². The average molecular weight is 390 g/mol. The monoisotopic (exact) mass is 389 g/mol. The molecule has 0 aliphatic rings. The summed E-state index contributed by atoms with van der Waals surface area (Å²) >= 11 is 7.62. The van der Waals surface area contributed by atoms with E-state index in [1.54, 1.807) is 24.3 Å². The SMILES string of the molecule is COc1cccc(OC)c1OC(=O)Cc1csc(-c2ccccc2Cl)n1. The van der Waals surface area contributed by atoms with Gasteiger partial charge in [0.05, 0.1) is 31.4 Å². The Hall–Kier alpha value is -2.57. The maximum Gasteiger partial charge on any atom is 0.317 e. The molecule has 0 bridgehead atoms. The normalized spacial score (nSPS) is 10.4. The van der Waals surface area contributed by atoms with Crippen molar-refractivity contribution in [3.05, 3.63) is 58.6 Å². The molecule has 0 unspecified atom stereocenters. The minimum atomic E-state index is -0.455. The Kier molecular flexibility index (Phi) is 5.75. The number of halogens is 1. The van der Waals surface area contributed by atoms with Gasteiger partial charge in [-0.2, -0.15) is 0 Å². The summed E-state index contributed by atoms with van der Waals surface area (Å²) < 4.78 is 15.9. The Morgan fingerprint density at radius 3 is 2.42 bits per heavy atom. The van der Waals surface area contributed by atoms with Crippen LogP contribution in [-0.4, -0.2) is 25.2 Å². The smallest absolute Gasteiger partial charge is 0.317 e. The van der Waals surface area contributed by atoms with Gasteiger partial charge < -0.3 is 14.2 Å². The topological polar surface area (TPSA) is 57.7 Å². The largest absolute Gasteiger partial charge is 0.493 e. The molecule has 0 N–H and O–H groups in total. The van der Waals surface area contributed by atoms with Crippen molar-refractivity contribution in [3.8, 4) is 27.8 Å². The number of rotatable bonds is 6. The first-order chi connectivity index (χ1) is 12.6. The highest BCUT2D eigenvalue weighted by molar-refractivity contribution is 7.13. The van der Waals surface area contributed by atoms with Crippen molar-refractivity contribution in [1.29, 1.82) is 0 Å². The summed E-state index contributed by atoms with van der Waals surface area (Å²) in [4.78, 5) is 16.8. The summed E-state index contributed by atoms with van der Waals surface area (Å²) in [5.41, 5.74) is 1.45. The van der Waals surface area contributed by atoms with E-state index in [4.69, 9.17) is 25.8 Å². The molecule has 134 valence electrons. The van der Waals surface area contributed by atoms with Crippen LogP contribution in [0.5, 0.6) is 17.2 Å². The zero-order valence-electron chi connectivity index (χ0n) is 14.2. The van der Waals surface area contributed by atoms with Crippen molar-refractivity contribution < 1.29 is 19.0 Å². The van der Waals surface area contributed by atoms with E-state index in [2.05, 4.69) is 4.98 Å². The van der Waals surface area contributed by atoms with Gasteiger partial charge in [0.2, 0.25) is 5.75 Å². The highest BCUT2D eigenvalue weighted by Crippen LogP contribution is 2.37. The molecule has 0 atom stereocenters. The first-order valence-corrected chi connectivity index (χ1v) is 8.99. The van der Waals surface area contributed by atoms with Gasteiger partial charge in [0.25, 0.3) is 0 Å². The number of benzene rings is 2. The lowest BCUT2D eigenvalue weighted by molar-refractivity contribution is -0.133. The minimum Gasteiger partial charge on any atom is -0.493 e. The third-order valence-electron chi connectivity index (χ3n) is 3.58. The van der Waals surface area contributed by atoms with Gasteiger partial charge in [0.1, 0.15) is 5.01 Å². The number of hydrogen-bond donors (Lipinski definition) is 0. The van der Waals surface area contributed by atoms with Crippen LogP contribution in [0.2, 0.25) is 5.02 Å². The van der Waals surface area contributed by atoms with Crippen molar-refractivity contribution in [3.63, 3.8) is 0 Å². The summed E-state index contributed by atoms with van der Waals surface area (Å²) in [5.74, 6) is 0.647. The number of carbonyl (C=O) groups is 1. The van der Waals surface area contributed by atoms with Gasteiger partial charge in [-0.05, 0) is 18.2 Å². The molecule has 5 nitrogen and oxygen atoms in total. The van der Waals surface area contributed by atoms with E-state index in [9.17, 15) is 4.79 Å². The summed E-state index contributed by atoms with van der Waals surface area (Å²) in [7, 11) is 3.00. The molecule has 0 spiro atoms. The third-order valence-corrected chi connectivity index (χ3v) is 4.83. The molecule has 1 heterocycles. The van der Waals surface area contributed by atoms with Crippen LogP contribution in [0, 0.1) is 0 Å². The molecule has 0 aliphatic carbocycles. The Morgan fingerprint density at radius 1 is 1.08 bits per heavy atom. The van der Waals surface area contributed by atoms with Crippen LogP contribution >= 0.6 is 22.9 Å². The van der Waals surface area contributed by atoms with Crippen molar-refractivity contribution in [1.82, 2.24) is 4.98 Å². The Balaban J connectivity index is 1.75. The fourth-order valence-corrected chi connectivity index (χ4v) is 3.50. The highest BCUT2D eigenvalue weighted by atomic mass is 35.5. The molecular formula is C19H16ClNO4S. The molecule has 0 saturated heterocycles. The van der Waals surface area contributed by atoms with Crippen LogP contribution in [0.1, 0.15) is 5.69 Å². The molecule has 7 heteroatoms. The van der Waals surface area contributed by atoms with E-state index in [1.807, 2.05) is 23.6 Å². The van der Waals surface area contributed by atoms with Crippen LogP contribution in [0.4, 0.5) is 0 Å². The number of carbonyl (C=O) groups excluding carboxylic acids is 1. The van der Waals surface area contributed by atoms with E-state index < -0.39 is 5.97 Å². The van der Waals surface area contributed by atoms with Crippen molar-refractivity contribution >= 4 is 28.9 Å². The number of thiazole rings is 1. The number of esters is 1. The van der Waals surface area contributed by atoms with E-state index in [0.29, 0.717) is 22.2 Å². The van der Waals surface area contributed by atoms with Crippen molar-refractivity contribution in [2.24, 2.45) is 0 Å². The molecule has 0 aliphatic heterocycles. The predicted molar refractivity (Wildman–Crippen MR) is 101 cm³/mol. The maximum atomic E-state index is 12.3. The van der Waals surface area contributed by atoms with Gasteiger partial charge in [-0.1, -0.05) is 35.9 Å². The molecule has 1 aromatic heterocycles. The van der Waals surface area contributed by atoms with Gasteiger partial charge in [0.15, 0.2) is 11.5 Å². The number of aromatic nitrogens is 1. The van der Waals surface area contributed by atoms with Crippen LogP contribution in [0.15, 0.2) is 47.8 Å². The van der Waals surface area contributed by atoms with E-state index >= 15 is 0 Å². The molecule has 26 heavy (non-hydrogen) atoms. The summed E-state index contributed by atoms with van der Waals surface area (Å²) in [6.45, 7) is 0. The van der Waals surface area contributed by atoms with Crippen LogP contribution in [-0.2, 0) is 11.2 Å². The highest BCUT2D eigenvalue weighted by Gasteiger charge is 2.17. The molecule has 0 saturated carbocycles. The minimum absolute atomic E-state index is 0.0299. The second-order valence-electron chi connectivity index (χ2n) is 5.27. The molecule has 0 fully saturated rings. The molecule has 2 aromatic carbocycles. The second kappa shape index (κ2) is 8.21. The van der Waals surface area contributed by atoms with Crippen LogP contribution < -0.4 is 14.2 Å². The second-order valence-corrected chi connectivity index (χ2v) is 6.53. The predicted octanol–water partition coefficient (Wildman–Crippen LogP) is 4.63. The standard InChI is InChI=1S/C19H16ClNO4S/c1-23-15-8-5-9-16(24-2)18(15)25-17(22)10-12-11-26-19(21-12)13-6-3-4-7-14(13)20/h3-9,11H,10H2,1-2H3. The molecule has 0 radical (unpaired) electrons. The number of methoxy groups -OCH3 is 2. The van der Waals surface area contributed by atoms with E-state index in [0.717, 1.165) is 10.6 Å². The lowest BCUT2D eigenvalue weighted by atomic mass is 10.2. The van der Waals surface area contributed by atoms with Gasteiger partial charge in [-0.25, -0.2) is 4.98 Å². The summed E-state index contributed by atoms with van der Waals surface area (Å²) in [6.07, 6.45) is 0.0299. The molecule has 0 amide bonds. The van der Waals surface area contributed by atoms with Gasteiger partial charge in [-0.15, -0.1) is 11.3 Å². The lowest BCUT2D eigenvalue weighted by Crippen LogP contribution is -2.12. The quantitative estimate of drug-likeness (QED) is 0.454. The third kappa shape index (κ3) is 3.98. The Morgan fingerprint density at radius 2 is 1.77 bits per heavy atom.